The van der Waals surface area contributed by atoms with E-state index in [-0.39, 0.29) is 5.91 Å². The Bertz CT molecular complexity index is 714. The van der Waals surface area contributed by atoms with Crippen LogP contribution in [0.1, 0.15) is 40.0 Å². The average molecular weight is 337 g/mol. The minimum absolute atomic E-state index is 0.0188. The first kappa shape index (κ1) is 17.6. The van der Waals surface area contributed by atoms with Crippen molar-refractivity contribution >= 4 is 5.91 Å². The summed E-state index contributed by atoms with van der Waals surface area (Å²) in [7, 11) is 0. The molecule has 1 aliphatic heterocycles. The van der Waals surface area contributed by atoms with Gasteiger partial charge >= 0.3 is 0 Å². The second-order valence-electron chi connectivity index (χ2n) is 7.05. The largest absolute Gasteiger partial charge is 0.352 e. The number of rotatable bonds is 6. The number of amides is 1. The molecule has 25 heavy (non-hydrogen) atoms. The van der Waals surface area contributed by atoms with E-state index in [2.05, 4.69) is 45.5 Å². The molecule has 1 fully saturated rings. The Hall–Kier alpha value is -2.20. The van der Waals surface area contributed by atoms with Crippen LogP contribution in [0.3, 0.4) is 0 Å². The first-order valence-electron chi connectivity index (χ1n) is 9.09. The third-order valence-corrected chi connectivity index (χ3v) is 5.06. The summed E-state index contributed by atoms with van der Waals surface area (Å²) in [5.74, 6) is 0.650. The molecule has 1 amide bonds. The van der Waals surface area contributed by atoms with Crippen LogP contribution < -0.4 is 5.32 Å². The highest BCUT2D eigenvalue weighted by Gasteiger charge is 2.22. The molecule has 0 radical (unpaired) electrons. The summed E-state index contributed by atoms with van der Waals surface area (Å²) in [6, 6.07) is 12.5. The van der Waals surface area contributed by atoms with Gasteiger partial charge < -0.3 is 5.32 Å². The van der Waals surface area contributed by atoms with Crippen molar-refractivity contribution in [3.63, 3.8) is 0 Å². The van der Waals surface area contributed by atoms with E-state index in [1.807, 2.05) is 19.9 Å². The normalized spacial score (nSPS) is 17.6. The number of benzene rings is 1. The molecule has 1 aromatic heterocycles. The van der Waals surface area contributed by atoms with Gasteiger partial charge in [-0.1, -0.05) is 30.3 Å². The van der Waals surface area contributed by atoms with E-state index in [0.717, 1.165) is 43.9 Å². The molecule has 0 aliphatic carbocycles. The zero-order valence-corrected chi connectivity index (χ0v) is 15.2. The van der Waals surface area contributed by atoms with Gasteiger partial charge in [0.25, 0.3) is 5.91 Å². The monoisotopic (exact) mass is 337 g/mol. The van der Waals surface area contributed by atoms with Gasteiger partial charge in [0.15, 0.2) is 0 Å². The highest BCUT2D eigenvalue weighted by Crippen LogP contribution is 2.21. The van der Waals surface area contributed by atoms with Crippen molar-refractivity contribution < 1.29 is 4.79 Å². The molecule has 132 valence electrons. The third-order valence-electron chi connectivity index (χ3n) is 5.06. The number of aryl methyl sites for hydroxylation is 2. The van der Waals surface area contributed by atoms with Crippen LogP contribution in [-0.4, -0.2) is 35.4 Å². The lowest BCUT2D eigenvalue weighted by atomic mass is 10.1. The number of carbonyl (C=O) groups is 1. The highest BCUT2D eigenvalue weighted by molar-refractivity contribution is 5.94. The molecule has 0 saturated carbocycles. The lowest BCUT2D eigenvalue weighted by Crippen LogP contribution is -2.27. The summed E-state index contributed by atoms with van der Waals surface area (Å²) >= 11 is 0. The summed E-state index contributed by atoms with van der Waals surface area (Å²) in [6.07, 6.45) is 3.91. The second-order valence-corrected chi connectivity index (χ2v) is 7.05. The highest BCUT2D eigenvalue weighted by atomic mass is 16.1. The molecule has 1 saturated heterocycles. The van der Waals surface area contributed by atoms with E-state index in [9.17, 15) is 4.79 Å². The summed E-state index contributed by atoms with van der Waals surface area (Å²) in [5, 5.41) is 3.04. The van der Waals surface area contributed by atoms with Crippen molar-refractivity contribution in [1.29, 1.82) is 0 Å². The molecule has 1 aromatic carbocycles. The number of carbonyl (C=O) groups excluding carboxylic acids is 1. The van der Waals surface area contributed by atoms with Crippen molar-refractivity contribution in [2.75, 3.05) is 19.6 Å². The molecular formula is C21H27N3O. The maximum absolute atomic E-state index is 12.2. The van der Waals surface area contributed by atoms with Gasteiger partial charge in [0, 0.05) is 31.5 Å². The average Bonchev–Trinajstić information content (AvgIpc) is 3.05. The molecule has 1 aliphatic rings. The summed E-state index contributed by atoms with van der Waals surface area (Å²) in [5.41, 5.74) is 4.06. The van der Waals surface area contributed by atoms with Gasteiger partial charge in [-0.05, 0) is 56.3 Å². The van der Waals surface area contributed by atoms with Crippen molar-refractivity contribution in [2.45, 2.75) is 33.2 Å². The summed E-state index contributed by atoms with van der Waals surface area (Å²) in [6.45, 7) is 7.97. The van der Waals surface area contributed by atoms with Crippen LogP contribution in [0.4, 0.5) is 0 Å². The van der Waals surface area contributed by atoms with Crippen LogP contribution in [0.2, 0.25) is 0 Å². The number of likely N-dealkylation sites (tertiary alicyclic amines) is 1. The molecule has 0 spiro atoms. The minimum atomic E-state index is -0.0188. The lowest BCUT2D eigenvalue weighted by Gasteiger charge is -2.16. The molecule has 4 nitrogen and oxygen atoms in total. The molecule has 2 heterocycles. The Kier molecular flexibility index (Phi) is 5.82. The minimum Gasteiger partial charge on any atom is -0.352 e. The third kappa shape index (κ3) is 4.89. The van der Waals surface area contributed by atoms with E-state index >= 15 is 0 Å². The van der Waals surface area contributed by atoms with Gasteiger partial charge in [0.2, 0.25) is 0 Å². The number of hydrogen-bond donors (Lipinski definition) is 1. The van der Waals surface area contributed by atoms with E-state index < -0.39 is 0 Å². The Morgan fingerprint density at radius 1 is 1.28 bits per heavy atom. The quantitative estimate of drug-likeness (QED) is 0.879. The van der Waals surface area contributed by atoms with Crippen molar-refractivity contribution in [3.05, 3.63) is 65.0 Å². The van der Waals surface area contributed by atoms with Crippen LogP contribution >= 0.6 is 0 Å². The van der Waals surface area contributed by atoms with Gasteiger partial charge in [0.1, 0.15) is 0 Å². The van der Waals surface area contributed by atoms with Crippen LogP contribution in [0.5, 0.6) is 0 Å². The fourth-order valence-electron chi connectivity index (χ4n) is 3.39. The zero-order valence-electron chi connectivity index (χ0n) is 15.2. The smallest absolute Gasteiger partial charge is 0.252 e. The molecule has 3 rings (SSSR count). The van der Waals surface area contributed by atoms with Crippen LogP contribution in [0.25, 0.3) is 0 Å². The maximum Gasteiger partial charge on any atom is 0.252 e. The number of pyridine rings is 1. The van der Waals surface area contributed by atoms with Crippen LogP contribution in [-0.2, 0) is 6.54 Å². The van der Waals surface area contributed by atoms with Gasteiger partial charge in [-0.2, -0.15) is 0 Å². The molecule has 1 N–H and O–H groups in total. The maximum atomic E-state index is 12.2. The van der Waals surface area contributed by atoms with Crippen molar-refractivity contribution in [1.82, 2.24) is 15.2 Å². The Morgan fingerprint density at radius 3 is 2.84 bits per heavy atom. The number of nitrogens with zero attached hydrogens (tertiary/aromatic N) is 2. The first-order valence-corrected chi connectivity index (χ1v) is 9.09. The van der Waals surface area contributed by atoms with E-state index in [4.69, 9.17) is 0 Å². The molecular weight excluding hydrogens is 310 g/mol. The van der Waals surface area contributed by atoms with Gasteiger partial charge in [-0.25, -0.2) is 0 Å². The lowest BCUT2D eigenvalue weighted by molar-refractivity contribution is 0.0951. The van der Waals surface area contributed by atoms with Gasteiger partial charge in [-0.15, -0.1) is 0 Å². The summed E-state index contributed by atoms with van der Waals surface area (Å²) in [4.78, 5) is 19.0. The van der Waals surface area contributed by atoms with Crippen molar-refractivity contribution in [3.8, 4) is 0 Å². The molecule has 2 aromatic rings. The topological polar surface area (TPSA) is 45.2 Å². The number of hydrogen-bond acceptors (Lipinski definition) is 3. The second kappa shape index (κ2) is 8.26. The van der Waals surface area contributed by atoms with Crippen molar-refractivity contribution in [2.24, 2.45) is 5.92 Å². The molecule has 0 unspecified atom stereocenters. The van der Waals surface area contributed by atoms with Crippen LogP contribution in [0, 0.1) is 19.8 Å². The van der Waals surface area contributed by atoms with E-state index in [1.54, 1.807) is 6.20 Å². The predicted octanol–water partition coefficient (Wildman–Crippen LogP) is 3.34. The summed E-state index contributed by atoms with van der Waals surface area (Å²) < 4.78 is 0. The Balaban J connectivity index is 1.40. The van der Waals surface area contributed by atoms with E-state index in [0.29, 0.717) is 11.5 Å². The first-order chi connectivity index (χ1) is 12.1. The molecule has 0 bridgehead atoms. The Morgan fingerprint density at radius 2 is 2.08 bits per heavy atom. The number of nitrogens with one attached hydrogen (secondary N) is 1. The van der Waals surface area contributed by atoms with E-state index in [1.165, 1.54) is 12.0 Å². The van der Waals surface area contributed by atoms with Gasteiger partial charge in [0.05, 0.1) is 5.56 Å². The fourth-order valence-corrected chi connectivity index (χ4v) is 3.39. The number of aromatic nitrogens is 1. The standard InChI is InChI=1S/C21H27N3O/c1-16-12-20(13-23-17(16)2)21(25)22-10-8-19-9-11-24(15-19)14-18-6-4-3-5-7-18/h3-7,12-13,19H,8-11,14-15H2,1-2H3,(H,22,25)/t19-/m0/s1. The van der Waals surface area contributed by atoms with Gasteiger partial charge in [-0.3, -0.25) is 14.7 Å². The predicted molar refractivity (Wildman–Crippen MR) is 100 cm³/mol. The fraction of sp³-hybridized carbons (Fsp3) is 0.429. The van der Waals surface area contributed by atoms with Crippen LogP contribution in [0.15, 0.2) is 42.6 Å². The SMILES string of the molecule is Cc1cc(C(=O)NCC[C@H]2CCN(Cc3ccccc3)C2)cnc1C. The Labute approximate surface area is 150 Å². The molecule has 4 heteroatoms. The molecule has 1 atom stereocenters. The zero-order chi connectivity index (χ0) is 17.6.